The number of para-hydroxylation sites is 1. The maximum atomic E-state index is 13.6. The molecule has 0 fully saturated rings. The molecule has 96 valence electrons. The monoisotopic (exact) mass is 255 g/mol. The van der Waals surface area contributed by atoms with Gasteiger partial charge < -0.3 is 5.32 Å². The van der Waals surface area contributed by atoms with Gasteiger partial charge in [0.25, 0.3) is 0 Å². The number of imidazole rings is 1. The smallest absolute Gasteiger partial charge is 0.174 e. The van der Waals surface area contributed by atoms with Gasteiger partial charge in [-0.2, -0.15) is 0 Å². The summed E-state index contributed by atoms with van der Waals surface area (Å²) in [6.45, 7) is 4.08. The maximum absolute atomic E-state index is 13.6. The van der Waals surface area contributed by atoms with E-state index in [2.05, 4.69) is 10.3 Å². The Balaban J connectivity index is 2.09. The molecular weight excluding hydrogens is 241 g/mol. The van der Waals surface area contributed by atoms with E-state index < -0.39 is 0 Å². The molecule has 3 aromatic rings. The summed E-state index contributed by atoms with van der Waals surface area (Å²) < 4.78 is 15.3. The molecule has 2 heterocycles. The molecule has 3 nitrogen and oxygen atoms in total. The SMILES string of the molecule is Cc1cccc(C)c1Nc1cnc2c(F)cccn12. The predicted molar refractivity (Wildman–Crippen MR) is 74.3 cm³/mol. The van der Waals surface area contributed by atoms with Gasteiger partial charge in [0.15, 0.2) is 11.5 Å². The second kappa shape index (κ2) is 4.39. The van der Waals surface area contributed by atoms with E-state index >= 15 is 0 Å². The highest BCUT2D eigenvalue weighted by Crippen LogP contribution is 2.25. The summed E-state index contributed by atoms with van der Waals surface area (Å²) in [7, 11) is 0. The Morgan fingerprint density at radius 3 is 2.58 bits per heavy atom. The van der Waals surface area contributed by atoms with Gasteiger partial charge in [-0.3, -0.25) is 4.40 Å². The van der Waals surface area contributed by atoms with Crippen molar-refractivity contribution in [3.8, 4) is 0 Å². The number of hydrogen-bond acceptors (Lipinski definition) is 2. The molecule has 0 unspecified atom stereocenters. The maximum Gasteiger partial charge on any atom is 0.174 e. The Hall–Kier alpha value is -2.36. The van der Waals surface area contributed by atoms with E-state index in [-0.39, 0.29) is 5.82 Å². The van der Waals surface area contributed by atoms with Crippen LogP contribution < -0.4 is 5.32 Å². The molecule has 1 N–H and O–H groups in total. The molecule has 0 amide bonds. The number of rotatable bonds is 2. The number of benzene rings is 1. The largest absolute Gasteiger partial charge is 0.340 e. The van der Waals surface area contributed by atoms with Gasteiger partial charge >= 0.3 is 0 Å². The lowest BCUT2D eigenvalue weighted by Crippen LogP contribution is -1.99. The van der Waals surface area contributed by atoms with E-state index in [1.807, 2.05) is 32.0 Å². The van der Waals surface area contributed by atoms with E-state index in [4.69, 9.17) is 0 Å². The summed E-state index contributed by atoms with van der Waals surface area (Å²) in [5, 5.41) is 3.32. The van der Waals surface area contributed by atoms with Crippen LogP contribution in [0.25, 0.3) is 5.65 Å². The molecule has 0 radical (unpaired) electrons. The number of fused-ring (bicyclic) bond motifs is 1. The molecule has 1 aromatic carbocycles. The molecule has 0 atom stereocenters. The van der Waals surface area contributed by atoms with Gasteiger partial charge in [-0.1, -0.05) is 18.2 Å². The van der Waals surface area contributed by atoms with Crippen molar-refractivity contribution in [3.05, 3.63) is 59.7 Å². The van der Waals surface area contributed by atoms with Crippen LogP contribution in [0.2, 0.25) is 0 Å². The van der Waals surface area contributed by atoms with Crippen molar-refractivity contribution in [1.29, 1.82) is 0 Å². The van der Waals surface area contributed by atoms with Gasteiger partial charge in [-0.15, -0.1) is 0 Å². The minimum Gasteiger partial charge on any atom is -0.340 e. The third kappa shape index (κ3) is 1.95. The highest BCUT2D eigenvalue weighted by molar-refractivity contribution is 5.66. The molecule has 4 heteroatoms. The van der Waals surface area contributed by atoms with Gasteiger partial charge in [0.2, 0.25) is 0 Å². The first-order valence-corrected chi connectivity index (χ1v) is 6.11. The number of hydrogen-bond donors (Lipinski definition) is 1. The van der Waals surface area contributed by atoms with Crippen molar-refractivity contribution in [2.45, 2.75) is 13.8 Å². The van der Waals surface area contributed by atoms with Gasteiger partial charge in [0.05, 0.1) is 6.20 Å². The lowest BCUT2D eigenvalue weighted by Gasteiger charge is -2.12. The zero-order chi connectivity index (χ0) is 13.4. The minimum absolute atomic E-state index is 0.322. The van der Waals surface area contributed by atoms with Crippen molar-refractivity contribution in [3.63, 3.8) is 0 Å². The third-order valence-electron chi connectivity index (χ3n) is 3.22. The third-order valence-corrected chi connectivity index (χ3v) is 3.22. The number of nitrogens with zero attached hydrogens (tertiary/aromatic N) is 2. The number of pyridine rings is 1. The normalized spacial score (nSPS) is 10.9. The second-order valence-electron chi connectivity index (χ2n) is 4.58. The quantitative estimate of drug-likeness (QED) is 0.754. The topological polar surface area (TPSA) is 29.3 Å². The average molecular weight is 255 g/mol. The zero-order valence-corrected chi connectivity index (χ0v) is 10.8. The van der Waals surface area contributed by atoms with Crippen molar-refractivity contribution < 1.29 is 4.39 Å². The van der Waals surface area contributed by atoms with Crippen LogP contribution in [0.4, 0.5) is 15.9 Å². The highest BCUT2D eigenvalue weighted by Gasteiger charge is 2.09. The van der Waals surface area contributed by atoms with Crippen molar-refractivity contribution >= 4 is 17.2 Å². The number of halogens is 1. The Morgan fingerprint density at radius 2 is 1.84 bits per heavy atom. The number of nitrogens with one attached hydrogen (secondary N) is 1. The molecule has 0 spiro atoms. The van der Waals surface area contributed by atoms with Crippen LogP contribution in [0.5, 0.6) is 0 Å². The van der Waals surface area contributed by atoms with Gasteiger partial charge in [-0.05, 0) is 37.1 Å². The number of aryl methyl sites for hydroxylation is 2. The van der Waals surface area contributed by atoms with Crippen molar-refractivity contribution in [1.82, 2.24) is 9.38 Å². The summed E-state index contributed by atoms with van der Waals surface area (Å²) in [4.78, 5) is 4.10. The Kier molecular flexibility index (Phi) is 2.71. The molecule has 3 rings (SSSR count). The summed E-state index contributed by atoms with van der Waals surface area (Å²) in [6.07, 6.45) is 3.44. The first kappa shape index (κ1) is 11.7. The fourth-order valence-corrected chi connectivity index (χ4v) is 2.21. The van der Waals surface area contributed by atoms with E-state index in [1.54, 1.807) is 22.9 Å². The van der Waals surface area contributed by atoms with Crippen molar-refractivity contribution in [2.75, 3.05) is 5.32 Å². The Bertz CT molecular complexity index is 726. The molecule has 2 aromatic heterocycles. The molecule has 0 saturated carbocycles. The van der Waals surface area contributed by atoms with E-state index in [9.17, 15) is 4.39 Å². The molecule has 0 saturated heterocycles. The summed E-state index contributed by atoms with van der Waals surface area (Å²) in [6, 6.07) is 9.17. The fraction of sp³-hybridized carbons (Fsp3) is 0.133. The standard InChI is InChI=1S/C15H14FN3/c1-10-5-3-6-11(2)14(10)18-13-9-17-15-12(16)7-4-8-19(13)15/h3-9,18H,1-2H3. The first-order chi connectivity index (χ1) is 9.16. The molecular formula is C15H14FN3. The van der Waals surface area contributed by atoms with Gasteiger partial charge in [0.1, 0.15) is 5.82 Å². The van der Waals surface area contributed by atoms with Crippen LogP contribution in [-0.2, 0) is 0 Å². The average Bonchev–Trinajstić information content (AvgIpc) is 2.79. The zero-order valence-electron chi connectivity index (χ0n) is 10.8. The van der Waals surface area contributed by atoms with Crippen LogP contribution in [0.15, 0.2) is 42.7 Å². The van der Waals surface area contributed by atoms with Gasteiger partial charge in [0, 0.05) is 11.9 Å². The molecule has 0 aliphatic heterocycles. The van der Waals surface area contributed by atoms with E-state index in [1.165, 1.54) is 6.07 Å². The second-order valence-corrected chi connectivity index (χ2v) is 4.58. The van der Waals surface area contributed by atoms with Crippen LogP contribution in [0, 0.1) is 19.7 Å². The molecule has 19 heavy (non-hydrogen) atoms. The molecule has 0 aliphatic rings. The molecule has 0 bridgehead atoms. The van der Waals surface area contributed by atoms with Crippen LogP contribution in [-0.4, -0.2) is 9.38 Å². The van der Waals surface area contributed by atoms with Crippen LogP contribution in [0.3, 0.4) is 0 Å². The minimum atomic E-state index is -0.322. The number of aromatic nitrogens is 2. The van der Waals surface area contributed by atoms with Crippen LogP contribution in [0.1, 0.15) is 11.1 Å². The summed E-state index contributed by atoms with van der Waals surface area (Å²) in [5.74, 6) is 0.434. The lowest BCUT2D eigenvalue weighted by atomic mass is 10.1. The summed E-state index contributed by atoms with van der Waals surface area (Å²) >= 11 is 0. The van der Waals surface area contributed by atoms with E-state index in [0.717, 1.165) is 22.6 Å². The predicted octanol–water partition coefficient (Wildman–Crippen LogP) is 3.83. The summed E-state index contributed by atoms with van der Waals surface area (Å²) in [5.41, 5.74) is 3.66. The van der Waals surface area contributed by atoms with Crippen molar-refractivity contribution in [2.24, 2.45) is 0 Å². The number of anilines is 2. The fourth-order valence-electron chi connectivity index (χ4n) is 2.21. The first-order valence-electron chi connectivity index (χ1n) is 6.11. The highest BCUT2D eigenvalue weighted by atomic mass is 19.1. The Labute approximate surface area is 110 Å². The van der Waals surface area contributed by atoms with Gasteiger partial charge in [-0.25, -0.2) is 9.37 Å². The van der Waals surface area contributed by atoms with Crippen LogP contribution >= 0.6 is 0 Å². The van der Waals surface area contributed by atoms with E-state index in [0.29, 0.717) is 5.65 Å². The lowest BCUT2D eigenvalue weighted by molar-refractivity contribution is 0.630. The molecule has 0 aliphatic carbocycles. The Morgan fingerprint density at radius 1 is 1.11 bits per heavy atom.